The number of sulfonamides is 1. The summed E-state index contributed by atoms with van der Waals surface area (Å²) in [5.41, 5.74) is 2.03. The van der Waals surface area contributed by atoms with Crippen LogP contribution in [-0.2, 0) is 16.6 Å². The van der Waals surface area contributed by atoms with Gasteiger partial charge in [-0.25, -0.2) is 13.4 Å². The average Bonchev–Trinajstić information content (AvgIpc) is 3.49. The molecule has 0 atom stereocenters. The van der Waals surface area contributed by atoms with Crippen molar-refractivity contribution in [3.8, 4) is 0 Å². The molecule has 0 aliphatic rings. The maximum Gasteiger partial charge on any atom is 0.260 e. The lowest BCUT2D eigenvalue weighted by molar-refractivity contribution is 0.0983. The first-order valence-corrected chi connectivity index (χ1v) is 13.2. The molecule has 0 N–H and O–H groups in total. The number of hydrogen-bond donors (Lipinski definition) is 0. The number of aromatic nitrogens is 1. The van der Waals surface area contributed by atoms with E-state index in [1.807, 2.05) is 19.1 Å². The zero-order valence-corrected chi connectivity index (χ0v) is 21.5. The molecule has 34 heavy (non-hydrogen) atoms. The van der Waals surface area contributed by atoms with Crippen molar-refractivity contribution in [2.45, 2.75) is 38.3 Å². The molecule has 10 heteroatoms. The summed E-state index contributed by atoms with van der Waals surface area (Å²) in [6.07, 6.45) is 1.54. The highest BCUT2D eigenvalue weighted by Gasteiger charge is 2.26. The normalized spacial score (nSPS) is 12.1. The van der Waals surface area contributed by atoms with Crippen LogP contribution in [0.3, 0.4) is 0 Å². The Morgan fingerprint density at radius 2 is 1.85 bits per heavy atom. The summed E-state index contributed by atoms with van der Waals surface area (Å²) in [5, 5.41) is 1.04. The average molecular weight is 518 g/mol. The molecule has 2 aromatic heterocycles. The van der Waals surface area contributed by atoms with E-state index < -0.39 is 10.0 Å². The van der Waals surface area contributed by atoms with Crippen LogP contribution in [0.15, 0.2) is 64.1 Å². The SMILES string of the molecule is Cc1ccc(Cl)c2sc(N(Cc3ccco3)C(=O)c3ccc(S(=O)(=O)N(C)C(C)C)cc3)nc12. The van der Waals surface area contributed by atoms with Crippen molar-refractivity contribution < 1.29 is 17.6 Å². The molecule has 4 rings (SSSR count). The fourth-order valence-corrected chi connectivity index (χ4v) is 6.04. The molecular formula is C24H24ClN3O4S2. The van der Waals surface area contributed by atoms with Gasteiger partial charge in [0.2, 0.25) is 10.0 Å². The number of amides is 1. The van der Waals surface area contributed by atoms with Gasteiger partial charge in [0.25, 0.3) is 5.91 Å². The zero-order chi connectivity index (χ0) is 24.6. The molecule has 7 nitrogen and oxygen atoms in total. The summed E-state index contributed by atoms with van der Waals surface area (Å²) in [4.78, 5) is 19.9. The Morgan fingerprint density at radius 1 is 1.15 bits per heavy atom. The molecule has 178 valence electrons. The van der Waals surface area contributed by atoms with Crippen molar-refractivity contribution in [2.75, 3.05) is 11.9 Å². The Bertz CT molecular complexity index is 1390. The maximum absolute atomic E-state index is 13.6. The van der Waals surface area contributed by atoms with Gasteiger partial charge in [0, 0.05) is 18.7 Å². The first-order valence-electron chi connectivity index (χ1n) is 10.6. The Kier molecular flexibility index (Phi) is 6.82. The monoisotopic (exact) mass is 517 g/mol. The van der Waals surface area contributed by atoms with Crippen LogP contribution < -0.4 is 4.90 Å². The molecule has 0 radical (unpaired) electrons. The van der Waals surface area contributed by atoms with E-state index in [1.165, 1.54) is 51.9 Å². The summed E-state index contributed by atoms with van der Waals surface area (Å²) in [5.74, 6) is 0.263. The van der Waals surface area contributed by atoms with E-state index in [2.05, 4.69) is 0 Å². The molecule has 0 saturated carbocycles. The van der Waals surface area contributed by atoms with Gasteiger partial charge in [-0.3, -0.25) is 9.69 Å². The highest BCUT2D eigenvalue weighted by Crippen LogP contribution is 2.36. The van der Waals surface area contributed by atoms with Crippen LogP contribution in [0, 0.1) is 6.92 Å². The Hall–Kier alpha value is -2.72. The molecule has 2 aromatic carbocycles. The first-order chi connectivity index (χ1) is 16.1. The number of hydrogen-bond acceptors (Lipinski definition) is 6. The van der Waals surface area contributed by atoms with Gasteiger partial charge in [0.1, 0.15) is 5.76 Å². The molecule has 1 amide bonds. The predicted octanol–water partition coefficient (Wildman–Crippen LogP) is 5.73. The lowest BCUT2D eigenvalue weighted by Crippen LogP contribution is -2.33. The Morgan fingerprint density at radius 3 is 2.44 bits per heavy atom. The van der Waals surface area contributed by atoms with Crippen molar-refractivity contribution in [2.24, 2.45) is 0 Å². The third-order valence-corrected chi connectivity index (χ3v) is 9.15. The Labute approximate surface area is 207 Å². The van der Waals surface area contributed by atoms with Crippen LogP contribution in [0.2, 0.25) is 5.02 Å². The van der Waals surface area contributed by atoms with E-state index in [1.54, 1.807) is 32.2 Å². The van der Waals surface area contributed by atoms with Crippen LogP contribution in [0.4, 0.5) is 5.13 Å². The number of fused-ring (bicyclic) bond motifs is 1. The molecular weight excluding hydrogens is 494 g/mol. The van der Waals surface area contributed by atoms with Gasteiger partial charge in [0.05, 0.1) is 32.9 Å². The third-order valence-electron chi connectivity index (χ3n) is 5.56. The van der Waals surface area contributed by atoms with Crippen LogP contribution in [0.1, 0.15) is 35.5 Å². The maximum atomic E-state index is 13.6. The van der Waals surface area contributed by atoms with Crippen molar-refractivity contribution in [1.82, 2.24) is 9.29 Å². The van der Waals surface area contributed by atoms with Crippen molar-refractivity contribution >= 4 is 54.2 Å². The van der Waals surface area contributed by atoms with Gasteiger partial charge in [-0.05, 0) is 68.8 Å². The molecule has 0 spiro atoms. The smallest absolute Gasteiger partial charge is 0.260 e. The minimum Gasteiger partial charge on any atom is -0.467 e. The fourth-order valence-electron chi connectivity index (χ4n) is 3.36. The minimum atomic E-state index is -3.65. The number of carbonyl (C=O) groups excluding carboxylic acids is 1. The van der Waals surface area contributed by atoms with E-state index in [-0.39, 0.29) is 23.4 Å². The van der Waals surface area contributed by atoms with Gasteiger partial charge in [-0.15, -0.1) is 0 Å². The number of rotatable bonds is 7. The number of aryl methyl sites for hydroxylation is 1. The van der Waals surface area contributed by atoms with Gasteiger partial charge in [0.15, 0.2) is 5.13 Å². The molecule has 0 aliphatic carbocycles. The number of carbonyl (C=O) groups is 1. The number of nitrogens with zero attached hydrogens (tertiary/aromatic N) is 3. The predicted molar refractivity (Wildman–Crippen MR) is 135 cm³/mol. The molecule has 0 fully saturated rings. The largest absolute Gasteiger partial charge is 0.467 e. The van der Waals surface area contributed by atoms with Gasteiger partial charge in [-0.1, -0.05) is 29.0 Å². The second-order valence-electron chi connectivity index (χ2n) is 8.15. The lowest BCUT2D eigenvalue weighted by Gasteiger charge is -2.21. The highest BCUT2D eigenvalue weighted by molar-refractivity contribution is 7.89. The van der Waals surface area contributed by atoms with Gasteiger partial charge >= 0.3 is 0 Å². The van der Waals surface area contributed by atoms with Crippen molar-refractivity contribution in [3.05, 3.63) is 76.7 Å². The molecule has 0 bridgehead atoms. The van der Waals surface area contributed by atoms with E-state index in [9.17, 15) is 13.2 Å². The molecule has 4 aromatic rings. The van der Waals surface area contributed by atoms with Crippen LogP contribution in [0.5, 0.6) is 0 Å². The topological polar surface area (TPSA) is 83.7 Å². The van der Waals surface area contributed by atoms with Gasteiger partial charge in [-0.2, -0.15) is 4.31 Å². The van der Waals surface area contributed by atoms with Gasteiger partial charge < -0.3 is 4.42 Å². The number of thiazole rings is 1. The van der Waals surface area contributed by atoms with E-state index in [0.29, 0.717) is 21.5 Å². The summed E-state index contributed by atoms with van der Waals surface area (Å²) in [7, 11) is -2.12. The number of furan rings is 1. The summed E-state index contributed by atoms with van der Waals surface area (Å²) < 4.78 is 33.1. The molecule has 2 heterocycles. The van der Waals surface area contributed by atoms with Crippen LogP contribution in [0.25, 0.3) is 10.2 Å². The third kappa shape index (κ3) is 4.61. The van der Waals surface area contributed by atoms with Crippen molar-refractivity contribution in [3.63, 3.8) is 0 Å². The summed E-state index contributed by atoms with van der Waals surface area (Å²) in [6.45, 7) is 5.70. The number of halogens is 1. The molecule has 0 unspecified atom stereocenters. The van der Waals surface area contributed by atoms with E-state index >= 15 is 0 Å². The second-order valence-corrected chi connectivity index (χ2v) is 11.5. The standard InChI is InChI=1S/C24H24ClN3O4S2/c1-15(2)27(4)34(30,31)19-10-8-17(9-11-19)23(29)28(14-18-6-5-13-32-18)24-26-21-16(3)7-12-20(25)22(21)33-24/h5-13,15H,14H2,1-4H3. The van der Waals surface area contributed by atoms with Crippen molar-refractivity contribution in [1.29, 1.82) is 0 Å². The summed E-state index contributed by atoms with van der Waals surface area (Å²) >= 11 is 7.71. The Balaban J connectivity index is 1.72. The second kappa shape index (κ2) is 9.50. The van der Waals surface area contributed by atoms with E-state index in [0.717, 1.165) is 15.8 Å². The summed E-state index contributed by atoms with van der Waals surface area (Å²) in [6, 6.07) is 13.0. The fraction of sp³-hybridized carbons (Fsp3) is 0.250. The van der Waals surface area contributed by atoms with Crippen LogP contribution in [-0.4, -0.2) is 36.7 Å². The number of benzene rings is 2. The first kappa shape index (κ1) is 24.4. The van der Waals surface area contributed by atoms with E-state index in [4.69, 9.17) is 21.0 Å². The van der Waals surface area contributed by atoms with Crippen LogP contribution >= 0.6 is 22.9 Å². The minimum absolute atomic E-state index is 0.125. The molecule has 0 aliphatic heterocycles. The zero-order valence-electron chi connectivity index (χ0n) is 19.1. The molecule has 0 saturated heterocycles. The quantitative estimate of drug-likeness (QED) is 0.312. The highest BCUT2D eigenvalue weighted by atomic mass is 35.5. The lowest BCUT2D eigenvalue weighted by atomic mass is 10.2. The number of anilines is 1.